The Labute approximate surface area is 477 Å². The summed E-state index contributed by atoms with van der Waals surface area (Å²) in [5.41, 5.74) is 1.50. The molecule has 0 spiro atoms. The standard InChI is InChI=1S/C67H53N3O5.2Pd/c1-75-66(57(46-53-31-17-6-18-32-53)61(72)41-38-50-25-11-3-12-26-50)44-43-59-64(70-66)67(68-48-55-35-21-8-22-36-55,58(47-54-33-19-7-20-34-54)62(73)42-39-51-27-13-4-14-28-51)65(74)63(69-59)56(45-52-29-15-5-16-30-52)60(71)40-37-49-23-9-2-10-24-49;;/h2-47,68,74H,48H2,1H3;;. The summed E-state index contributed by atoms with van der Waals surface area (Å²) in [5.74, 6) is -1.87. The summed E-state index contributed by atoms with van der Waals surface area (Å²) < 4.78 is 6.49. The average molecular weight is 1190 g/mol. The van der Waals surface area contributed by atoms with Crippen LogP contribution in [-0.2, 0) is 66.5 Å². The molecule has 0 aliphatic carbocycles. The number of methoxy groups -OCH3 is 1. The Balaban J connectivity index is 0.00000431. The molecule has 77 heavy (non-hydrogen) atoms. The van der Waals surface area contributed by atoms with Crippen molar-refractivity contribution in [3.8, 4) is 0 Å². The van der Waals surface area contributed by atoms with E-state index in [0.29, 0.717) is 16.7 Å². The van der Waals surface area contributed by atoms with Crippen LogP contribution in [-0.4, -0.2) is 52.3 Å². The topological polar surface area (TPSA) is 117 Å². The van der Waals surface area contributed by atoms with Crippen LogP contribution in [0.1, 0.15) is 38.9 Å². The first-order chi connectivity index (χ1) is 36.7. The Morgan fingerprint density at radius 3 is 1.32 bits per heavy atom. The summed E-state index contributed by atoms with van der Waals surface area (Å²) in [4.78, 5) is 56.3. The number of carbonyl (C=O) groups is 3. The fourth-order valence-corrected chi connectivity index (χ4v) is 8.87. The summed E-state index contributed by atoms with van der Waals surface area (Å²) in [5, 5.41) is 17.5. The number of rotatable bonds is 19. The maximum atomic E-state index is 15.7. The number of aliphatic imine (C=N–C) groups is 2. The number of allylic oxidation sites excluding steroid dienone is 5. The smallest absolute Gasteiger partial charge is 0.208 e. The summed E-state index contributed by atoms with van der Waals surface area (Å²) in [6, 6.07) is 65.9. The monoisotopic (exact) mass is 1190 g/mol. The van der Waals surface area contributed by atoms with Gasteiger partial charge in [-0.2, -0.15) is 0 Å². The van der Waals surface area contributed by atoms with Crippen LogP contribution in [0.4, 0.5) is 0 Å². The number of hydrogen-bond acceptors (Lipinski definition) is 8. The van der Waals surface area contributed by atoms with Crippen molar-refractivity contribution in [3.05, 3.63) is 310 Å². The van der Waals surface area contributed by atoms with Gasteiger partial charge < -0.3 is 9.84 Å². The summed E-state index contributed by atoms with van der Waals surface area (Å²) >= 11 is 0. The Kier molecular flexibility index (Phi) is 19.9. The van der Waals surface area contributed by atoms with Crippen LogP contribution in [0.15, 0.2) is 281 Å². The molecule has 2 N–H and O–H groups in total. The molecule has 8 nitrogen and oxygen atoms in total. The number of benzene rings is 7. The van der Waals surface area contributed by atoms with E-state index in [1.54, 1.807) is 48.6 Å². The van der Waals surface area contributed by atoms with Crippen LogP contribution >= 0.6 is 0 Å². The van der Waals surface area contributed by atoms with Gasteiger partial charge in [-0.1, -0.05) is 231 Å². The third-order valence-electron chi connectivity index (χ3n) is 12.7. The van der Waals surface area contributed by atoms with Gasteiger partial charge in [-0.3, -0.25) is 19.7 Å². The normalized spacial score (nSPS) is 17.5. The molecule has 0 fully saturated rings. The molecule has 2 aliphatic rings. The number of nitrogens with one attached hydrogen (secondary N) is 1. The quantitative estimate of drug-likeness (QED) is 0.0615. The van der Waals surface area contributed by atoms with Crippen molar-refractivity contribution in [2.45, 2.75) is 17.8 Å². The van der Waals surface area contributed by atoms with Gasteiger partial charge >= 0.3 is 0 Å². The molecule has 7 aromatic carbocycles. The minimum atomic E-state index is -2.12. The van der Waals surface area contributed by atoms with E-state index in [-0.39, 0.29) is 81.2 Å². The van der Waals surface area contributed by atoms with Gasteiger partial charge in [0.2, 0.25) is 5.72 Å². The van der Waals surface area contributed by atoms with Crippen molar-refractivity contribution < 1.29 is 65.1 Å². The van der Waals surface area contributed by atoms with E-state index in [9.17, 15) is 9.90 Å². The number of aliphatic hydroxyl groups is 1. The van der Waals surface area contributed by atoms with Gasteiger partial charge in [0.1, 0.15) is 11.5 Å². The van der Waals surface area contributed by atoms with Gasteiger partial charge in [0.25, 0.3) is 0 Å². The predicted molar refractivity (Wildman–Crippen MR) is 304 cm³/mol. The van der Waals surface area contributed by atoms with Gasteiger partial charge in [-0.15, -0.1) is 0 Å². The molecule has 0 aromatic heterocycles. The van der Waals surface area contributed by atoms with Gasteiger partial charge in [0.15, 0.2) is 22.9 Å². The molecule has 10 heteroatoms. The third-order valence-corrected chi connectivity index (χ3v) is 12.7. The van der Waals surface area contributed by atoms with Crippen LogP contribution in [0.3, 0.4) is 0 Å². The van der Waals surface area contributed by atoms with Crippen molar-refractivity contribution in [2.24, 2.45) is 9.98 Å². The van der Waals surface area contributed by atoms with E-state index in [1.807, 2.05) is 212 Å². The van der Waals surface area contributed by atoms with Gasteiger partial charge in [-0.05, 0) is 87.6 Å². The van der Waals surface area contributed by atoms with Crippen LogP contribution in [0.2, 0.25) is 0 Å². The molecule has 0 saturated heterocycles. The largest absolute Gasteiger partial charge is 0.507 e. The molecule has 386 valence electrons. The number of nitrogens with zero attached hydrogens (tertiary/aromatic N) is 2. The van der Waals surface area contributed by atoms with E-state index >= 15 is 9.59 Å². The van der Waals surface area contributed by atoms with Crippen molar-refractivity contribution in [1.82, 2.24) is 5.32 Å². The van der Waals surface area contributed by atoms with Crippen molar-refractivity contribution >= 4 is 65.2 Å². The Bertz CT molecular complexity index is 3500. The number of ether oxygens (including phenoxy) is 1. The second-order valence-corrected chi connectivity index (χ2v) is 17.7. The van der Waals surface area contributed by atoms with E-state index in [2.05, 4.69) is 5.32 Å². The van der Waals surface area contributed by atoms with Gasteiger partial charge in [-0.25, -0.2) is 9.98 Å². The zero-order valence-electron chi connectivity index (χ0n) is 41.9. The zero-order valence-corrected chi connectivity index (χ0v) is 45.0. The minimum Gasteiger partial charge on any atom is -0.507 e. The minimum absolute atomic E-state index is 0. The fraction of sp³-hybridized carbons (Fsp3) is 0.0597. The average Bonchev–Trinajstić information content (AvgIpc) is 3.59. The molecule has 0 saturated carbocycles. The molecule has 0 bridgehead atoms. The van der Waals surface area contributed by atoms with E-state index in [1.165, 1.54) is 25.3 Å². The fourth-order valence-electron chi connectivity index (χ4n) is 8.87. The van der Waals surface area contributed by atoms with Crippen LogP contribution in [0.25, 0.3) is 36.5 Å². The SMILES string of the molecule is COC1(C(=Cc2ccccc2)C(=O)C=Cc2ccccc2)C=CC2=NC(C(=Cc3ccccc3)C(=O)C=Cc3ccccc3)=C(O)C(NCc3ccccc3)(C(=Cc3ccccc3)C(=O)C=Cc3ccccc3)C2=N1.[Pd].[Pd]. The predicted octanol–water partition coefficient (Wildman–Crippen LogP) is 13.2. The first-order valence-corrected chi connectivity index (χ1v) is 24.5. The van der Waals surface area contributed by atoms with Gasteiger partial charge in [0, 0.05) is 60.1 Å². The second-order valence-electron chi connectivity index (χ2n) is 17.7. The van der Waals surface area contributed by atoms with E-state index in [0.717, 1.165) is 22.3 Å². The van der Waals surface area contributed by atoms with Gasteiger partial charge in [0.05, 0.1) is 22.6 Å². The molecule has 2 heterocycles. The van der Waals surface area contributed by atoms with Crippen molar-refractivity contribution in [3.63, 3.8) is 0 Å². The number of fused-ring (bicyclic) bond motifs is 1. The molecular formula is C67H53N3O5Pd2. The molecule has 9 rings (SSSR count). The number of hydrogen-bond donors (Lipinski definition) is 2. The molecule has 7 aromatic rings. The summed E-state index contributed by atoms with van der Waals surface area (Å²) in [7, 11) is 1.46. The Hall–Kier alpha value is -8.15. The summed E-state index contributed by atoms with van der Waals surface area (Å²) in [6.07, 6.45) is 18.0. The number of aliphatic hydroxyl groups excluding tert-OH is 1. The third kappa shape index (κ3) is 13.6. The molecule has 2 unspecified atom stereocenters. The van der Waals surface area contributed by atoms with Crippen molar-refractivity contribution in [2.75, 3.05) is 7.11 Å². The summed E-state index contributed by atoms with van der Waals surface area (Å²) in [6.45, 7) is 0.0705. The van der Waals surface area contributed by atoms with Crippen LogP contribution < -0.4 is 5.32 Å². The van der Waals surface area contributed by atoms with Crippen LogP contribution in [0.5, 0.6) is 0 Å². The maximum Gasteiger partial charge on any atom is 0.208 e. The molecular weight excluding hydrogens is 1140 g/mol. The zero-order chi connectivity index (χ0) is 51.9. The van der Waals surface area contributed by atoms with E-state index in [4.69, 9.17) is 14.7 Å². The molecule has 2 atom stereocenters. The number of carbonyl (C=O) groups excluding carboxylic acids is 3. The number of ketones is 3. The molecule has 0 radical (unpaired) electrons. The first-order valence-electron chi connectivity index (χ1n) is 24.5. The van der Waals surface area contributed by atoms with Crippen LogP contribution in [0, 0.1) is 0 Å². The Morgan fingerprint density at radius 1 is 0.506 bits per heavy atom. The second kappa shape index (κ2) is 27.1. The Morgan fingerprint density at radius 2 is 0.883 bits per heavy atom. The van der Waals surface area contributed by atoms with Crippen molar-refractivity contribution in [1.29, 1.82) is 0 Å². The maximum absolute atomic E-state index is 15.7. The number of dihydropyridines is 1. The molecule has 2 aliphatic heterocycles. The first kappa shape index (κ1) is 56.6. The van der Waals surface area contributed by atoms with E-state index < -0.39 is 34.4 Å². The molecule has 0 amide bonds.